The van der Waals surface area contributed by atoms with Crippen LogP contribution < -0.4 is 4.74 Å². The van der Waals surface area contributed by atoms with Crippen LogP contribution in [0, 0.1) is 5.92 Å². The Morgan fingerprint density at radius 3 is 1.89 bits per heavy atom. The Hall–Kier alpha value is -1.96. The van der Waals surface area contributed by atoms with Crippen molar-refractivity contribution < 1.29 is 9.84 Å². The van der Waals surface area contributed by atoms with Crippen LogP contribution in [0.1, 0.15) is 19.4 Å². The molecule has 0 radical (unpaired) electrons. The fourth-order valence-electron chi connectivity index (χ4n) is 1.82. The number of hydrogen-bond acceptors (Lipinski definition) is 2. The second kappa shape index (κ2) is 5.58. The van der Waals surface area contributed by atoms with Gasteiger partial charge >= 0.3 is 0 Å². The monoisotopic (exact) mass is 242 g/mol. The van der Waals surface area contributed by atoms with E-state index < -0.39 is 0 Å². The highest BCUT2D eigenvalue weighted by Crippen LogP contribution is 2.24. The third kappa shape index (κ3) is 3.52. The molecule has 0 unspecified atom stereocenters. The van der Waals surface area contributed by atoms with Gasteiger partial charge in [0.1, 0.15) is 17.2 Å². The lowest BCUT2D eigenvalue weighted by atomic mass is 10.0. The third-order valence-electron chi connectivity index (χ3n) is 2.64. The number of hydrogen-bond donors (Lipinski definition) is 1. The first-order valence-corrected chi connectivity index (χ1v) is 6.19. The van der Waals surface area contributed by atoms with Crippen LogP contribution in [0.2, 0.25) is 0 Å². The molecule has 2 rings (SSSR count). The van der Waals surface area contributed by atoms with Crippen LogP contribution in [-0.2, 0) is 6.42 Å². The lowest BCUT2D eigenvalue weighted by Crippen LogP contribution is -1.93. The van der Waals surface area contributed by atoms with E-state index in [0.717, 1.165) is 17.9 Å². The number of aromatic hydroxyl groups is 1. The zero-order chi connectivity index (χ0) is 13.0. The van der Waals surface area contributed by atoms with Gasteiger partial charge in [-0.2, -0.15) is 0 Å². The molecule has 2 aromatic rings. The molecule has 2 aromatic carbocycles. The van der Waals surface area contributed by atoms with E-state index in [1.165, 1.54) is 5.56 Å². The molecular formula is C16H18O2. The normalized spacial score (nSPS) is 10.6. The first-order chi connectivity index (χ1) is 8.63. The van der Waals surface area contributed by atoms with Gasteiger partial charge in [-0.15, -0.1) is 0 Å². The first kappa shape index (κ1) is 12.5. The Labute approximate surface area is 108 Å². The van der Waals surface area contributed by atoms with E-state index >= 15 is 0 Å². The first-order valence-electron chi connectivity index (χ1n) is 6.19. The summed E-state index contributed by atoms with van der Waals surface area (Å²) in [5.41, 5.74) is 1.32. The highest BCUT2D eigenvalue weighted by Gasteiger charge is 2.00. The largest absolute Gasteiger partial charge is 0.508 e. The minimum atomic E-state index is 0.245. The van der Waals surface area contributed by atoms with Crippen LogP contribution >= 0.6 is 0 Å². The van der Waals surface area contributed by atoms with E-state index in [4.69, 9.17) is 4.74 Å². The van der Waals surface area contributed by atoms with E-state index in [1.807, 2.05) is 12.1 Å². The molecule has 0 spiro atoms. The van der Waals surface area contributed by atoms with Crippen molar-refractivity contribution >= 4 is 0 Å². The molecule has 0 aromatic heterocycles. The molecule has 0 atom stereocenters. The quantitative estimate of drug-likeness (QED) is 0.862. The molecule has 0 fully saturated rings. The van der Waals surface area contributed by atoms with Crippen molar-refractivity contribution in [2.75, 3.05) is 0 Å². The van der Waals surface area contributed by atoms with Crippen molar-refractivity contribution in [3.8, 4) is 17.2 Å². The van der Waals surface area contributed by atoms with Crippen molar-refractivity contribution in [1.29, 1.82) is 0 Å². The maximum Gasteiger partial charge on any atom is 0.127 e. The van der Waals surface area contributed by atoms with E-state index in [2.05, 4.69) is 26.0 Å². The minimum Gasteiger partial charge on any atom is -0.508 e. The third-order valence-corrected chi connectivity index (χ3v) is 2.64. The highest BCUT2D eigenvalue weighted by atomic mass is 16.5. The molecule has 0 aliphatic heterocycles. The van der Waals surface area contributed by atoms with Crippen molar-refractivity contribution in [1.82, 2.24) is 0 Å². The summed E-state index contributed by atoms with van der Waals surface area (Å²) in [5, 5.41) is 9.19. The Morgan fingerprint density at radius 2 is 1.39 bits per heavy atom. The highest BCUT2D eigenvalue weighted by molar-refractivity contribution is 5.35. The lowest BCUT2D eigenvalue weighted by molar-refractivity contribution is 0.464. The van der Waals surface area contributed by atoms with E-state index in [-0.39, 0.29) is 5.75 Å². The maximum absolute atomic E-state index is 9.19. The smallest absolute Gasteiger partial charge is 0.127 e. The molecule has 0 amide bonds. The van der Waals surface area contributed by atoms with Gasteiger partial charge in [0, 0.05) is 0 Å². The maximum atomic E-state index is 9.19. The topological polar surface area (TPSA) is 29.5 Å². The molecule has 0 saturated carbocycles. The van der Waals surface area contributed by atoms with Gasteiger partial charge in [-0.1, -0.05) is 26.0 Å². The lowest BCUT2D eigenvalue weighted by Gasteiger charge is -2.08. The average molecular weight is 242 g/mol. The Balaban J connectivity index is 2.04. The van der Waals surface area contributed by atoms with Crippen molar-refractivity contribution in [2.45, 2.75) is 20.3 Å². The van der Waals surface area contributed by atoms with Gasteiger partial charge in [-0.3, -0.25) is 0 Å². The molecule has 94 valence electrons. The van der Waals surface area contributed by atoms with Crippen LogP contribution in [0.5, 0.6) is 17.2 Å². The van der Waals surface area contributed by atoms with Gasteiger partial charge in [-0.05, 0) is 54.3 Å². The van der Waals surface area contributed by atoms with Gasteiger partial charge in [-0.25, -0.2) is 0 Å². The zero-order valence-electron chi connectivity index (χ0n) is 10.8. The molecule has 0 bridgehead atoms. The second-order valence-corrected chi connectivity index (χ2v) is 4.84. The predicted octanol–water partition coefficient (Wildman–Crippen LogP) is 4.38. The zero-order valence-corrected chi connectivity index (χ0v) is 10.8. The van der Waals surface area contributed by atoms with Crippen LogP contribution in [0.15, 0.2) is 48.5 Å². The number of rotatable bonds is 4. The van der Waals surface area contributed by atoms with E-state index in [9.17, 15) is 5.11 Å². The van der Waals surface area contributed by atoms with Crippen LogP contribution in [0.3, 0.4) is 0 Å². The number of phenols is 1. The molecule has 0 aliphatic carbocycles. The molecule has 0 heterocycles. The van der Waals surface area contributed by atoms with Crippen LogP contribution in [0.25, 0.3) is 0 Å². The average Bonchev–Trinajstić information content (AvgIpc) is 2.34. The second-order valence-electron chi connectivity index (χ2n) is 4.84. The predicted molar refractivity (Wildman–Crippen MR) is 73.2 cm³/mol. The van der Waals surface area contributed by atoms with E-state index in [0.29, 0.717) is 5.92 Å². The summed E-state index contributed by atoms with van der Waals surface area (Å²) in [6.45, 7) is 4.42. The summed E-state index contributed by atoms with van der Waals surface area (Å²) in [6, 6.07) is 14.9. The number of benzene rings is 2. The van der Waals surface area contributed by atoms with Crippen LogP contribution in [0.4, 0.5) is 0 Å². The molecule has 1 N–H and O–H groups in total. The number of phenolic OH excluding ortho intramolecular Hbond substituents is 1. The van der Waals surface area contributed by atoms with Gasteiger partial charge in [0.05, 0.1) is 0 Å². The van der Waals surface area contributed by atoms with Gasteiger partial charge in [0.2, 0.25) is 0 Å². The van der Waals surface area contributed by atoms with Gasteiger partial charge in [0.25, 0.3) is 0 Å². The summed E-state index contributed by atoms with van der Waals surface area (Å²) in [7, 11) is 0. The number of ether oxygens (including phenoxy) is 1. The van der Waals surface area contributed by atoms with Gasteiger partial charge in [0.15, 0.2) is 0 Å². The van der Waals surface area contributed by atoms with E-state index in [1.54, 1.807) is 24.3 Å². The van der Waals surface area contributed by atoms with Gasteiger partial charge < -0.3 is 9.84 Å². The molecular weight excluding hydrogens is 224 g/mol. The SMILES string of the molecule is CC(C)Cc1ccc(Oc2ccc(O)cc2)cc1. The Bertz CT molecular complexity index is 484. The standard InChI is InChI=1S/C16H18O2/c1-12(2)11-13-3-7-15(8-4-13)18-16-9-5-14(17)6-10-16/h3-10,12,17H,11H2,1-2H3. The molecule has 0 aliphatic rings. The summed E-state index contributed by atoms with van der Waals surface area (Å²) in [4.78, 5) is 0. The summed E-state index contributed by atoms with van der Waals surface area (Å²) >= 11 is 0. The summed E-state index contributed by atoms with van der Waals surface area (Å²) in [6.07, 6.45) is 1.08. The Morgan fingerprint density at radius 1 is 0.889 bits per heavy atom. The fourth-order valence-corrected chi connectivity index (χ4v) is 1.82. The molecule has 2 heteroatoms. The summed E-state index contributed by atoms with van der Waals surface area (Å²) in [5.74, 6) is 2.45. The summed E-state index contributed by atoms with van der Waals surface area (Å²) < 4.78 is 5.68. The molecule has 0 saturated heterocycles. The molecule has 18 heavy (non-hydrogen) atoms. The minimum absolute atomic E-state index is 0.245. The van der Waals surface area contributed by atoms with Crippen molar-refractivity contribution in [2.24, 2.45) is 5.92 Å². The fraction of sp³-hybridized carbons (Fsp3) is 0.250. The van der Waals surface area contributed by atoms with Crippen molar-refractivity contribution in [3.05, 3.63) is 54.1 Å². The van der Waals surface area contributed by atoms with Crippen molar-refractivity contribution in [3.63, 3.8) is 0 Å². The molecule has 2 nitrogen and oxygen atoms in total. The Kier molecular flexibility index (Phi) is 3.88. The van der Waals surface area contributed by atoms with Crippen LogP contribution in [-0.4, -0.2) is 5.11 Å².